The maximum atomic E-state index is 15.0. The highest BCUT2D eigenvalue weighted by atomic mass is 79.9. The van der Waals surface area contributed by atoms with Crippen LogP contribution in [0.1, 0.15) is 46.4 Å². The third kappa shape index (κ3) is 5.38. The normalized spacial score (nSPS) is 15.2. The van der Waals surface area contributed by atoms with Crippen LogP contribution in [0.25, 0.3) is 11.3 Å². The highest BCUT2D eigenvalue weighted by Crippen LogP contribution is 2.30. The van der Waals surface area contributed by atoms with E-state index >= 15 is 0 Å². The van der Waals surface area contributed by atoms with Crippen molar-refractivity contribution in [2.45, 2.75) is 24.8 Å². The van der Waals surface area contributed by atoms with Crippen molar-refractivity contribution in [2.24, 2.45) is 0 Å². The molecule has 7 nitrogen and oxygen atoms in total. The Kier molecular flexibility index (Phi) is 7.32. The van der Waals surface area contributed by atoms with Gasteiger partial charge in [-0.05, 0) is 42.7 Å². The molecule has 1 aliphatic rings. The van der Waals surface area contributed by atoms with Crippen LogP contribution in [0.3, 0.4) is 0 Å². The molecule has 1 aliphatic heterocycles. The summed E-state index contributed by atoms with van der Waals surface area (Å²) in [5.41, 5.74) is 8.20. The Morgan fingerprint density at radius 2 is 2.06 bits per heavy atom. The van der Waals surface area contributed by atoms with Crippen molar-refractivity contribution in [1.29, 1.82) is 0 Å². The second kappa shape index (κ2) is 10.4. The standard InChI is InChI=1S/C24H24BrFN4O3/c25-17-3-1-2-15(10-17)21(13-31)30-24(32)18-5-4-16(11-19(18)26)22-23(27)28-12-20(29-22)14-6-8-33-9-7-14/h1-5,10-12,14,21,31H,6-9,13H2,(H2,27,28)(H,30,32). The van der Waals surface area contributed by atoms with Crippen molar-refractivity contribution in [3.63, 3.8) is 0 Å². The van der Waals surface area contributed by atoms with E-state index in [4.69, 9.17) is 10.5 Å². The molecule has 33 heavy (non-hydrogen) atoms. The number of anilines is 1. The summed E-state index contributed by atoms with van der Waals surface area (Å²) in [7, 11) is 0. The molecule has 1 fully saturated rings. The minimum Gasteiger partial charge on any atom is -0.394 e. The number of ether oxygens (including phenoxy) is 1. The SMILES string of the molecule is Nc1ncc(C2CCOCC2)nc1-c1ccc(C(=O)NC(CO)c2cccc(Br)c2)c(F)c1. The topological polar surface area (TPSA) is 110 Å². The minimum atomic E-state index is -0.714. The number of nitrogen functional groups attached to an aromatic ring is 1. The van der Waals surface area contributed by atoms with E-state index in [0.717, 1.165) is 23.0 Å². The molecule has 3 aromatic rings. The van der Waals surface area contributed by atoms with Crippen molar-refractivity contribution in [3.05, 3.63) is 75.8 Å². The quantitative estimate of drug-likeness (QED) is 0.458. The Labute approximate surface area is 199 Å². The number of hydrogen-bond donors (Lipinski definition) is 3. The molecule has 0 saturated carbocycles. The van der Waals surface area contributed by atoms with Gasteiger partial charge in [-0.15, -0.1) is 0 Å². The lowest BCUT2D eigenvalue weighted by atomic mass is 9.96. The fourth-order valence-corrected chi connectivity index (χ4v) is 4.27. The van der Waals surface area contributed by atoms with Crippen molar-refractivity contribution >= 4 is 27.7 Å². The smallest absolute Gasteiger partial charge is 0.254 e. The number of nitrogens with one attached hydrogen (secondary N) is 1. The third-order valence-electron chi connectivity index (χ3n) is 5.69. The van der Waals surface area contributed by atoms with Crippen LogP contribution in [-0.4, -0.2) is 40.8 Å². The van der Waals surface area contributed by atoms with Gasteiger partial charge in [-0.2, -0.15) is 0 Å². The molecule has 1 amide bonds. The van der Waals surface area contributed by atoms with Crippen LogP contribution in [0.2, 0.25) is 0 Å². The molecule has 0 radical (unpaired) electrons. The molecule has 4 N–H and O–H groups in total. The first-order chi connectivity index (χ1) is 16.0. The number of aromatic nitrogens is 2. The summed E-state index contributed by atoms with van der Waals surface area (Å²) in [6.07, 6.45) is 3.34. The van der Waals surface area contributed by atoms with Gasteiger partial charge in [-0.25, -0.2) is 14.4 Å². The third-order valence-corrected chi connectivity index (χ3v) is 6.18. The lowest BCUT2D eigenvalue weighted by Crippen LogP contribution is -2.31. The Hall–Kier alpha value is -2.88. The van der Waals surface area contributed by atoms with Gasteiger partial charge in [0.15, 0.2) is 0 Å². The number of halogens is 2. The largest absolute Gasteiger partial charge is 0.394 e. The van der Waals surface area contributed by atoms with Gasteiger partial charge >= 0.3 is 0 Å². The van der Waals surface area contributed by atoms with E-state index < -0.39 is 17.8 Å². The van der Waals surface area contributed by atoms with Crippen LogP contribution in [0.15, 0.2) is 53.1 Å². The first kappa shape index (κ1) is 23.3. The number of nitrogens with two attached hydrogens (primary N) is 1. The average Bonchev–Trinajstić information content (AvgIpc) is 2.83. The Balaban J connectivity index is 1.56. The summed E-state index contributed by atoms with van der Waals surface area (Å²) in [6.45, 7) is 1.01. The fourth-order valence-electron chi connectivity index (χ4n) is 3.85. The zero-order valence-electron chi connectivity index (χ0n) is 17.8. The maximum Gasteiger partial charge on any atom is 0.254 e. The molecule has 172 valence electrons. The monoisotopic (exact) mass is 514 g/mol. The Morgan fingerprint density at radius 1 is 1.27 bits per heavy atom. The zero-order chi connectivity index (χ0) is 23.4. The molecule has 2 heterocycles. The van der Waals surface area contributed by atoms with Crippen molar-refractivity contribution in [2.75, 3.05) is 25.6 Å². The lowest BCUT2D eigenvalue weighted by Gasteiger charge is -2.22. The predicted octanol–water partition coefficient (Wildman–Crippen LogP) is 3.98. The first-order valence-corrected chi connectivity index (χ1v) is 11.4. The van der Waals surface area contributed by atoms with E-state index in [9.17, 15) is 14.3 Å². The van der Waals surface area contributed by atoms with Crippen molar-refractivity contribution < 1.29 is 19.0 Å². The Morgan fingerprint density at radius 3 is 2.76 bits per heavy atom. The molecular weight excluding hydrogens is 491 g/mol. The van der Waals surface area contributed by atoms with Gasteiger partial charge < -0.3 is 20.9 Å². The second-order valence-corrected chi connectivity index (χ2v) is 8.79. The molecule has 1 unspecified atom stereocenters. The summed E-state index contributed by atoms with van der Waals surface area (Å²) in [5, 5.41) is 12.4. The van der Waals surface area contributed by atoms with Crippen LogP contribution < -0.4 is 11.1 Å². The number of rotatable bonds is 6. The average molecular weight is 515 g/mol. The molecule has 1 aromatic heterocycles. The van der Waals surface area contributed by atoms with Gasteiger partial charge in [-0.1, -0.05) is 34.1 Å². The number of benzene rings is 2. The highest BCUT2D eigenvalue weighted by molar-refractivity contribution is 9.10. The van der Waals surface area contributed by atoms with E-state index in [-0.39, 0.29) is 23.9 Å². The Bertz CT molecular complexity index is 1150. The molecule has 9 heteroatoms. The van der Waals surface area contributed by atoms with E-state index in [1.54, 1.807) is 30.5 Å². The van der Waals surface area contributed by atoms with Crippen LogP contribution >= 0.6 is 15.9 Å². The molecule has 0 bridgehead atoms. The number of amides is 1. The number of carbonyl (C=O) groups excluding carboxylic acids is 1. The van der Waals surface area contributed by atoms with Gasteiger partial charge in [0.05, 0.1) is 30.1 Å². The molecule has 1 saturated heterocycles. The van der Waals surface area contributed by atoms with Gasteiger partial charge in [0.1, 0.15) is 17.3 Å². The van der Waals surface area contributed by atoms with Crippen LogP contribution in [0.4, 0.5) is 10.2 Å². The maximum absolute atomic E-state index is 15.0. The summed E-state index contributed by atoms with van der Waals surface area (Å²) in [6, 6.07) is 10.7. The number of hydrogen-bond acceptors (Lipinski definition) is 6. The highest BCUT2D eigenvalue weighted by Gasteiger charge is 2.21. The number of nitrogens with zero attached hydrogens (tertiary/aromatic N) is 2. The molecule has 0 aliphatic carbocycles. The van der Waals surface area contributed by atoms with Crippen LogP contribution in [0, 0.1) is 5.82 Å². The molecular formula is C24H24BrFN4O3. The van der Waals surface area contributed by atoms with E-state index in [2.05, 4.69) is 31.2 Å². The van der Waals surface area contributed by atoms with Crippen molar-refractivity contribution in [3.8, 4) is 11.3 Å². The minimum absolute atomic E-state index is 0.140. The summed E-state index contributed by atoms with van der Waals surface area (Å²) in [4.78, 5) is 21.6. The first-order valence-electron chi connectivity index (χ1n) is 10.6. The molecule has 1 atom stereocenters. The van der Waals surface area contributed by atoms with E-state index in [0.29, 0.717) is 30.0 Å². The molecule has 4 rings (SSSR count). The number of aliphatic hydroxyl groups excluding tert-OH is 1. The summed E-state index contributed by atoms with van der Waals surface area (Å²) >= 11 is 3.37. The predicted molar refractivity (Wildman–Crippen MR) is 126 cm³/mol. The van der Waals surface area contributed by atoms with Gasteiger partial charge in [0, 0.05) is 29.2 Å². The van der Waals surface area contributed by atoms with Gasteiger partial charge in [-0.3, -0.25) is 4.79 Å². The van der Waals surface area contributed by atoms with Crippen LogP contribution in [0.5, 0.6) is 0 Å². The molecule has 0 spiro atoms. The summed E-state index contributed by atoms with van der Waals surface area (Å²) < 4.78 is 21.2. The zero-order valence-corrected chi connectivity index (χ0v) is 19.4. The van der Waals surface area contributed by atoms with Crippen molar-refractivity contribution in [1.82, 2.24) is 15.3 Å². The van der Waals surface area contributed by atoms with E-state index in [1.807, 2.05) is 6.07 Å². The second-order valence-electron chi connectivity index (χ2n) is 7.87. The lowest BCUT2D eigenvalue weighted by molar-refractivity contribution is 0.0844. The van der Waals surface area contributed by atoms with Crippen LogP contribution in [-0.2, 0) is 4.74 Å². The van der Waals surface area contributed by atoms with E-state index in [1.165, 1.54) is 12.1 Å². The molecule has 2 aromatic carbocycles. The fraction of sp³-hybridized carbons (Fsp3) is 0.292. The number of carbonyl (C=O) groups is 1. The number of aliphatic hydroxyl groups is 1. The van der Waals surface area contributed by atoms with Gasteiger partial charge in [0.25, 0.3) is 5.91 Å². The van der Waals surface area contributed by atoms with Gasteiger partial charge in [0.2, 0.25) is 0 Å². The summed E-state index contributed by atoms with van der Waals surface area (Å²) in [5.74, 6) is -0.937.